The van der Waals surface area contributed by atoms with E-state index in [1.54, 1.807) is 42.5 Å². The summed E-state index contributed by atoms with van der Waals surface area (Å²) in [6.45, 7) is 3.71. The van der Waals surface area contributed by atoms with E-state index in [2.05, 4.69) is 14.5 Å². The summed E-state index contributed by atoms with van der Waals surface area (Å²) in [6, 6.07) is 27.5. The minimum absolute atomic E-state index is 0.0184. The van der Waals surface area contributed by atoms with Crippen LogP contribution in [-0.2, 0) is 22.7 Å². The zero-order valence-corrected chi connectivity index (χ0v) is 22.8. The molecule has 4 aromatic rings. The molecule has 1 amide bonds. The molecule has 0 unspecified atom stereocenters. The highest BCUT2D eigenvalue weighted by Crippen LogP contribution is 2.32. The van der Waals surface area contributed by atoms with Crippen LogP contribution in [-0.4, -0.2) is 45.4 Å². The molecule has 0 bridgehead atoms. The molecular formula is C31H28F3N3O3S. The number of alkyl halides is 3. The monoisotopic (exact) mass is 579 g/mol. The molecule has 0 aliphatic carbocycles. The van der Waals surface area contributed by atoms with Crippen LogP contribution in [0.25, 0.3) is 11.1 Å². The molecule has 41 heavy (non-hydrogen) atoms. The maximum atomic E-state index is 13.0. The summed E-state index contributed by atoms with van der Waals surface area (Å²) in [5.74, 6) is -0.697. The van der Waals surface area contributed by atoms with Gasteiger partial charge in [0.25, 0.3) is 15.9 Å². The topological polar surface area (TPSA) is 69.7 Å². The van der Waals surface area contributed by atoms with Crippen LogP contribution in [0, 0.1) is 0 Å². The van der Waals surface area contributed by atoms with Gasteiger partial charge in [-0.05, 0) is 65.2 Å². The molecule has 0 aromatic heterocycles. The third kappa shape index (κ3) is 6.78. The van der Waals surface area contributed by atoms with Crippen LogP contribution in [0.2, 0.25) is 0 Å². The fraction of sp³-hybridized carbons (Fsp3) is 0.194. The van der Waals surface area contributed by atoms with Gasteiger partial charge in [0.05, 0.1) is 10.5 Å². The lowest BCUT2D eigenvalue weighted by molar-refractivity contribution is -0.137. The number of anilines is 1. The van der Waals surface area contributed by atoms with E-state index < -0.39 is 27.7 Å². The first-order valence-corrected chi connectivity index (χ1v) is 14.5. The Morgan fingerprint density at radius 3 is 2.00 bits per heavy atom. The molecule has 0 radical (unpaired) electrons. The van der Waals surface area contributed by atoms with Crippen LogP contribution in [0.1, 0.15) is 21.5 Å². The molecule has 1 aliphatic rings. The molecule has 10 heteroatoms. The maximum Gasteiger partial charge on any atom is 0.416 e. The van der Waals surface area contributed by atoms with Crippen molar-refractivity contribution in [1.29, 1.82) is 0 Å². The third-order valence-electron chi connectivity index (χ3n) is 7.08. The fourth-order valence-corrected chi connectivity index (χ4v) is 5.84. The number of nitrogens with zero attached hydrogens (tertiary/aromatic N) is 2. The first-order valence-electron chi connectivity index (χ1n) is 13.1. The molecule has 0 atom stereocenters. The Balaban J connectivity index is 1.19. The Morgan fingerprint density at radius 2 is 1.37 bits per heavy atom. The predicted octanol–water partition coefficient (Wildman–Crippen LogP) is 5.81. The summed E-state index contributed by atoms with van der Waals surface area (Å²) >= 11 is 0. The Morgan fingerprint density at radius 1 is 0.756 bits per heavy atom. The molecule has 0 spiro atoms. The van der Waals surface area contributed by atoms with Crippen molar-refractivity contribution >= 4 is 21.6 Å². The van der Waals surface area contributed by atoms with E-state index in [4.69, 9.17) is 0 Å². The predicted molar refractivity (Wildman–Crippen MR) is 152 cm³/mol. The largest absolute Gasteiger partial charge is 0.416 e. The number of piperazine rings is 1. The van der Waals surface area contributed by atoms with Crippen LogP contribution < -0.4 is 9.62 Å². The first-order chi connectivity index (χ1) is 19.6. The van der Waals surface area contributed by atoms with Gasteiger partial charge >= 0.3 is 6.18 Å². The van der Waals surface area contributed by atoms with Crippen LogP contribution in [0.5, 0.6) is 0 Å². The van der Waals surface area contributed by atoms with E-state index in [9.17, 15) is 26.4 Å². The van der Waals surface area contributed by atoms with Crippen molar-refractivity contribution in [2.45, 2.75) is 17.6 Å². The number of halogens is 3. The number of sulfonamides is 1. The van der Waals surface area contributed by atoms with Crippen LogP contribution in [0.3, 0.4) is 0 Å². The van der Waals surface area contributed by atoms with Crippen molar-refractivity contribution in [3.05, 3.63) is 120 Å². The highest BCUT2D eigenvalue weighted by Gasteiger charge is 2.30. The average Bonchev–Trinajstić information content (AvgIpc) is 2.98. The van der Waals surface area contributed by atoms with Gasteiger partial charge < -0.3 is 4.90 Å². The van der Waals surface area contributed by atoms with Gasteiger partial charge in [0, 0.05) is 44.0 Å². The van der Waals surface area contributed by atoms with Gasteiger partial charge in [0.15, 0.2) is 0 Å². The van der Waals surface area contributed by atoms with E-state index in [-0.39, 0.29) is 10.5 Å². The smallest absolute Gasteiger partial charge is 0.369 e. The molecule has 212 valence electrons. The van der Waals surface area contributed by atoms with Crippen molar-refractivity contribution in [3.8, 4) is 11.1 Å². The highest BCUT2D eigenvalue weighted by molar-refractivity contribution is 7.90. The average molecular weight is 580 g/mol. The van der Waals surface area contributed by atoms with Crippen molar-refractivity contribution in [2.75, 3.05) is 31.1 Å². The number of nitrogens with one attached hydrogen (secondary N) is 1. The number of amides is 1. The van der Waals surface area contributed by atoms with E-state index in [0.29, 0.717) is 6.54 Å². The van der Waals surface area contributed by atoms with E-state index >= 15 is 0 Å². The fourth-order valence-electron chi connectivity index (χ4n) is 4.85. The Hall–Kier alpha value is -4.15. The number of hydrogen-bond donors (Lipinski definition) is 1. The summed E-state index contributed by atoms with van der Waals surface area (Å²) in [5, 5.41) is 0. The van der Waals surface area contributed by atoms with Crippen LogP contribution >= 0.6 is 0 Å². The molecule has 1 heterocycles. The summed E-state index contributed by atoms with van der Waals surface area (Å²) in [7, 11) is -3.96. The molecule has 1 aliphatic heterocycles. The Bertz CT molecular complexity index is 1600. The van der Waals surface area contributed by atoms with Gasteiger partial charge in [-0.15, -0.1) is 0 Å². The summed E-state index contributed by atoms with van der Waals surface area (Å²) in [5.41, 5.74) is 3.20. The number of carbonyl (C=O) groups excluding carboxylic acids is 1. The SMILES string of the molecule is O=C(NS(=O)(=O)c1ccccc1)c1ccc(N2CCN(Cc3ccccc3-c3ccc(C(F)(F)F)cc3)CC2)cc1. The molecule has 1 N–H and O–H groups in total. The number of benzene rings is 4. The molecule has 0 saturated carbocycles. The number of hydrogen-bond acceptors (Lipinski definition) is 5. The van der Waals surface area contributed by atoms with E-state index in [1.807, 2.05) is 24.3 Å². The van der Waals surface area contributed by atoms with Gasteiger partial charge in [0.1, 0.15) is 0 Å². The summed E-state index contributed by atoms with van der Waals surface area (Å²) in [4.78, 5) is 17.1. The van der Waals surface area contributed by atoms with Crippen molar-refractivity contribution in [1.82, 2.24) is 9.62 Å². The second-order valence-corrected chi connectivity index (χ2v) is 11.5. The highest BCUT2D eigenvalue weighted by atomic mass is 32.2. The molecule has 5 rings (SSSR count). The standard InChI is InChI=1S/C31H28F3N3O3S/c32-31(33,34)26-14-10-23(11-15-26)29-9-5-4-6-25(29)22-36-18-20-37(21-19-36)27-16-12-24(13-17-27)30(38)35-41(39,40)28-7-2-1-3-8-28/h1-17H,18-22H2,(H,35,38). The first kappa shape index (κ1) is 28.4. The summed E-state index contributed by atoms with van der Waals surface area (Å²) in [6.07, 6.45) is -4.37. The van der Waals surface area contributed by atoms with Crippen molar-refractivity contribution in [3.63, 3.8) is 0 Å². The van der Waals surface area contributed by atoms with Gasteiger partial charge in [-0.25, -0.2) is 13.1 Å². The molecule has 1 fully saturated rings. The number of rotatable bonds is 7. The maximum absolute atomic E-state index is 13.0. The Kier molecular flexibility index (Phi) is 8.14. The zero-order valence-electron chi connectivity index (χ0n) is 22.0. The van der Waals surface area contributed by atoms with Gasteiger partial charge in [-0.1, -0.05) is 54.6 Å². The van der Waals surface area contributed by atoms with Gasteiger partial charge in [-0.2, -0.15) is 13.2 Å². The second-order valence-electron chi connectivity index (χ2n) is 9.79. The zero-order chi connectivity index (χ0) is 29.0. The van der Waals surface area contributed by atoms with E-state index in [0.717, 1.165) is 60.7 Å². The Labute approximate surface area is 237 Å². The molecular weight excluding hydrogens is 551 g/mol. The lowest BCUT2D eigenvalue weighted by Gasteiger charge is -2.36. The minimum Gasteiger partial charge on any atom is -0.369 e. The molecule has 1 saturated heterocycles. The van der Waals surface area contributed by atoms with Gasteiger partial charge in [-0.3, -0.25) is 9.69 Å². The lowest BCUT2D eigenvalue weighted by Crippen LogP contribution is -2.46. The molecule has 4 aromatic carbocycles. The van der Waals surface area contributed by atoms with E-state index in [1.165, 1.54) is 24.3 Å². The molecule has 6 nitrogen and oxygen atoms in total. The normalized spacial score (nSPS) is 14.6. The third-order valence-corrected chi connectivity index (χ3v) is 8.43. The minimum atomic E-state index is -4.37. The van der Waals surface area contributed by atoms with Crippen molar-refractivity contribution in [2.24, 2.45) is 0 Å². The summed E-state index contributed by atoms with van der Waals surface area (Å²) < 4.78 is 66.0. The van der Waals surface area contributed by atoms with Crippen molar-refractivity contribution < 1.29 is 26.4 Å². The number of carbonyl (C=O) groups is 1. The van der Waals surface area contributed by atoms with Crippen LogP contribution in [0.15, 0.2) is 108 Å². The quantitative estimate of drug-likeness (QED) is 0.299. The van der Waals surface area contributed by atoms with Gasteiger partial charge in [0.2, 0.25) is 0 Å². The second kappa shape index (κ2) is 11.8. The lowest BCUT2D eigenvalue weighted by atomic mass is 9.98. The van der Waals surface area contributed by atoms with Crippen LogP contribution in [0.4, 0.5) is 18.9 Å².